The van der Waals surface area contributed by atoms with E-state index in [1.807, 2.05) is 6.92 Å². The average molecular weight is 308 g/mol. The van der Waals surface area contributed by atoms with Crippen molar-refractivity contribution in [3.05, 3.63) is 41.6 Å². The smallest absolute Gasteiger partial charge is 0.226 e. The average Bonchev–Trinajstić information content (AvgIpc) is 2.50. The highest BCUT2D eigenvalue weighted by Gasteiger charge is 2.14. The maximum Gasteiger partial charge on any atom is 0.226 e. The number of hydrogen-bond donors (Lipinski definition) is 0. The molecule has 0 radical (unpaired) electrons. The maximum absolute atomic E-state index is 13.8. The van der Waals surface area contributed by atoms with Gasteiger partial charge in [0.1, 0.15) is 5.69 Å². The van der Waals surface area contributed by atoms with Gasteiger partial charge in [0.05, 0.1) is 6.20 Å². The molecule has 1 aromatic heterocycles. The topological polar surface area (TPSA) is 46.1 Å². The molecule has 0 unspecified atom stereocenters. The van der Waals surface area contributed by atoms with Crippen molar-refractivity contribution in [2.24, 2.45) is 0 Å². The van der Waals surface area contributed by atoms with E-state index in [4.69, 9.17) is 11.6 Å². The summed E-state index contributed by atoms with van der Waals surface area (Å²) in [6, 6.07) is 7.00. The summed E-state index contributed by atoms with van der Waals surface area (Å²) < 4.78 is 13.8. The predicted octanol–water partition coefficient (Wildman–Crippen LogP) is 3.70. The third-order valence-corrected chi connectivity index (χ3v) is 3.25. The molecule has 4 nitrogen and oxygen atoms in total. The summed E-state index contributed by atoms with van der Waals surface area (Å²) in [6.07, 6.45) is 1.44. The van der Waals surface area contributed by atoms with E-state index in [1.165, 1.54) is 0 Å². The predicted molar refractivity (Wildman–Crippen MR) is 80.8 cm³/mol. The van der Waals surface area contributed by atoms with Crippen molar-refractivity contribution < 1.29 is 9.18 Å². The fourth-order valence-electron chi connectivity index (χ4n) is 2.06. The lowest BCUT2D eigenvalue weighted by Crippen LogP contribution is -2.29. The first kappa shape index (κ1) is 15.4. The SMILES string of the molecule is CCC(=O)N(CC)c1cccc(-c2nc(Cl)ncc2F)c1. The molecular weight excluding hydrogens is 293 g/mol. The number of aromatic nitrogens is 2. The second kappa shape index (κ2) is 6.63. The normalized spacial score (nSPS) is 10.5. The number of carbonyl (C=O) groups is 1. The van der Waals surface area contributed by atoms with E-state index >= 15 is 0 Å². The van der Waals surface area contributed by atoms with Crippen molar-refractivity contribution in [3.8, 4) is 11.3 Å². The first-order valence-electron chi connectivity index (χ1n) is 6.65. The van der Waals surface area contributed by atoms with E-state index in [9.17, 15) is 9.18 Å². The highest BCUT2D eigenvalue weighted by molar-refractivity contribution is 6.28. The molecule has 0 atom stereocenters. The van der Waals surface area contributed by atoms with E-state index in [-0.39, 0.29) is 16.9 Å². The quantitative estimate of drug-likeness (QED) is 0.809. The number of rotatable bonds is 4. The summed E-state index contributed by atoms with van der Waals surface area (Å²) in [6.45, 7) is 4.24. The molecule has 0 saturated carbocycles. The molecule has 0 spiro atoms. The molecule has 0 fully saturated rings. The zero-order chi connectivity index (χ0) is 15.4. The number of hydrogen-bond acceptors (Lipinski definition) is 3. The lowest BCUT2D eigenvalue weighted by Gasteiger charge is -2.21. The van der Waals surface area contributed by atoms with Crippen LogP contribution in [-0.4, -0.2) is 22.4 Å². The molecule has 110 valence electrons. The van der Waals surface area contributed by atoms with Crippen LogP contribution in [0.4, 0.5) is 10.1 Å². The largest absolute Gasteiger partial charge is 0.313 e. The third kappa shape index (κ3) is 3.36. The molecule has 6 heteroatoms. The van der Waals surface area contributed by atoms with Gasteiger partial charge in [0, 0.05) is 24.2 Å². The van der Waals surface area contributed by atoms with E-state index in [0.29, 0.717) is 24.2 Å². The van der Waals surface area contributed by atoms with Gasteiger partial charge in [-0.05, 0) is 30.7 Å². The van der Waals surface area contributed by atoms with Gasteiger partial charge in [-0.25, -0.2) is 14.4 Å². The van der Waals surface area contributed by atoms with Crippen LogP contribution in [0.3, 0.4) is 0 Å². The van der Waals surface area contributed by atoms with Gasteiger partial charge in [-0.3, -0.25) is 4.79 Å². The van der Waals surface area contributed by atoms with Gasteiger partial charge < -0.3 is 4.90 Å². The number of amides is 1. The fourth-order valence-corrected chi connectivity index (χ4v) is 2.20. The van der Waals surface area contributed by atoms with Crippen LogP contribution in [0.15, 0.2) is 30.5 Å². The molecule has 0 aliphatic carbocycles. The Balaban J connectivity index is 2.46. The lowest BCUT2D eigenvalue weighted by atomic mass is 10.1. The summed E-state index contributed by atoms with van der Waals surface area (Å²) in [4.78, 5) is 21.1. The highest BCUT2D eigenvalue weighted by Crippen LogP contribution is 2.26. The van der Waals surface area contributed by atoms with Crippen molar-refractivity contribution >= 4 is 23.2 Å². The Bertz CT molecular complexity index is 663. The van der Waals surface area contributed by atoms with E-state index in [2.05, 4.69) is 9.97 Å². The van der Waals surface area contributed by atoms with Crippen molar-refractivity contribution in [1.82, 2.24) is 9.97 Å². The van der Waals surface area contributed by atoms with Crippen molar-refractivity contribution in [2.75, 3.05) is 11.4 Å². The van der Waals surface area contributed by atoms with Gasteiger partial charge in [0.2, 0.25) is 11.2 Å². The minimum atomic E-state index is -0.554. The first-order chi connectivity index (χ1) is 10.1. The Morgan fingerprint density at radius 3 is 2.81 bits per heavy atom. The molecule has 1 aromatic carbocycles. The number of halogens is 2. The van der Waals surface area contributed by atoms with Crippen molar-refractivity contribution in [1.29, 1.82) is 0 Å². The lowest BCUT2D eigenvalue weighted by molar-refractivity contribution is -0.118. The molecule has 0 N–H and O–H groups in total. The molecular formula is C15H15ClFN3O. The summed E-state index contributed by atoms with van der Waals surface area (Å²) in [7, 11) is 0. The van der Waals surface area contributed by atoms with Crippen LogP contribution in [0, 0.1) is 5.82 Å². The Hall–Kier alpha value is -2.01. The van der Waals surface area contributed by atoms with Crippen LogP contribution in [0.1, 0.15) is 20.3 Å². The molecule has 0 aliphatic heterocycles. The zero-order valence-corrected chi connectivity index (χ0v) is 12.6. The van der Waals surface area contributed by atoms with Crippen LogP contribution in [0.5, 0.6) is 0 Å². The third-order valence-electron chi connectivity index (χ3n) is 3.07. The minimum Gasteiger partial charge on any atom is -0.313 e. The van der Waals surface area contributed by atoms with Crippen molar-refractivity contribution in [3.63, 3.8) is 0 Å². The Morgan fingerprint density at radius 1 is 1.38 bits per heavy atom. The fraction of sp³-hybridized carbons (Fsp3) is 0.267. The van der Waals surface area contributed by atoms with Crippen LogP contribution in [0.2, 0.25) is 5.28 Å². The number of benzene rings is 1. The first-order valence-corrected chi connectivity index (χ1v) is 7.03. The highest BCUT2D eigenvalue weighted by atomic mass is 35.5. The van der Waals surface area contributed by atoms with Gasteiger partial charge in [0.15, 0.2) is 5.82 Å². The van der Waals surface area contributed by atoms with Crippen LogP contribution in [0.25, 0.3) is 11.3 Å². The van der Waals surface area contributed by atoms with Crippen LogP contribution < -0.4 is 4.90 Å². The Labute approximate surface area is 127 Å². The molecule has 2 rings (SSSR count). The summed E-state index contributed by atoms with van der Waals surface area (Å²) >= 11 is 5.72. The zero-order valence-electron chi connectivity index (χ0n) is 11.8. The van der Waals surface area contributed by atoms with Crippen LogP contribution >= 0.6 is 11.6 Å². The van der Waals surface area contributed by atoms with Crippen molar-refractivity contribution in [2.45, 2.75) is 20.3 Å². The number of carbonyl (C=O) groups excluding carboxylic acids is 1. The second-order valence-corrected chi connectivity index (χ2v) is 4.72. The second-order valence-electron chi connectivity index (χ2n) is 4.38. The minimum absolute atomic E-state index is 0.0100. The van der Waals surface area contributed by atoms with Gasteiger partial charge in [0.25, 0.3) is 0 Å². The van der Waals surface area contributed by atoms with Gasteiger partial charge in [-0.15, -0.1) is 0 Å². The molecule has 2 aromatic rings. The summed E-state index contributed by atoms with van der Waals surface area (Å²) in [5, 5.41) is -0.0196. The standard InChI is InChI=1S/C15H15ClFN3O/c1-3-13(21)20(4-2)11-7-5-6-10(8-11)14-12(17)9-18-15(16)19-14/h5-9H,3-4H2,1-2H3. The van der Waals surface area contributed by atoms with Crippen LogP contribution in [-0.2, 0) is 4.79 Å². The molecule has 21 heavy (non-hydrogen) atoms. The molecule has 1 amide bonds. The van der Waals surface area contributed by atoms with Gasteiger partial charge in [-0.1, -0.05) is 19.1 Å². The molecule has 0 aliphatic rings. The summed E-state index contributed by atoms with van der Waals surface area (Å²) in [5.41, 5.74) is 1.38. The Morgan fingerprint density at radius 2 is 2.14 bits per heavy atom. The van der Waals surface area contributed by atoms with E-state index in [1.54, 1.807) is 36.1 Å². The number of anilines is 1. The molecule has 1 heterocycles. The summed E-state index contributed by atoms with van der Waals surface area (Å²) in [5.74, 6) is -0.544. The Kier molecular flexibility index (Phi) is 4.85. The molecule has 0 saturated heterocycles. The number of nitrogens with zero attached hydrogens (tertiary/aromatic N) is 3. The van der Waals surface area contributed by atoms with E-state index in [0.717, 1.165) is 6.20 Å². The maximum atomic E-state index is 13.8. The van der Waals surface area contributed by atoms with Gasteiger partial charge in [-0.2, -0.15) is 0 Å². The molecule has 0 bridgehead atoms. The monoisotopic (exact) mass is 307 g/mol. The van der Waals surface area contributed by atoms with Gasteiger partial charge >= 0.3 is 0 Å². The van der Waals surface area contributed by atoms with E-state index < -0.39 is 5.82 Å².